The lowest BCUT2D eigenvalue weighted by Crippen LogP contribution is -1.90. The number of nitrogens with zero attached hydrogens (tertiary/aromatic N) is 1. The van der Waals surface area contributed by atoms with Crippen LogP contribution < -0.4 is 0 Å². The normalized spacial score (nSPS) is 10.5. The minimum Gasteiger partial charge on any atom is -0.258 e. The smallest absolute Gasteiger partial charge is 0.258 e. The SMILES string of the molecule is O=[N+]([O-])c1c#cc(S(=O)(=O)Cl)cc1. The zero-order valence-corrected chi connectivity index (χ0v) is 7.59. The Bertz CT molecular complexity index is 424. The van der Waals surface area contributed by atoms with E-state index in [2.05, 4.69) is 12.1 Å². The van der Waals surface area contributed by atoms with Crippen LogP contribution in [0, 0.1) is 22.2 Å². The average molecular weight is 220 g/mol. The van der Waals surface area contributed by atoms with Gasteiger partial charge < -0.3 is 0 Å². The van der Waals surface area contributed by atoms with Crippen LogP contribution in [-0.4, -0.2) is 13.3 Å². The predicted molar refractivity (Wildman–Crippen MR) is 43.8 cm³/mol. The molecule has 1 aromatic carbocycles. The molecule has 0 aromatic heterocycles. The van der Waals surface area contributed by atoms with Crippen LogP contribution in [0.5, 0.6) is 0 Å². The van der Waals surface area contributed by atoms with Crippen molar-refractivity contribution in [3.63, 3.8) is 0 Å². The van der Waals surface area contributed by atoms with Gasteiger partial charge in [-0.05, 0) is 12.1 Å². The molecule has 1 aromatic rings. The summed E-state index contributed by atoms with van der Waals surface area (Å²) >= 11 is 0. The maximum atomic E-state index is 10.7. The molecule has 7 heteroatoms. The van der Waals surface area contributed by atoms with Crippen LogP contribution in [0.4, 0.5) is 5.69 Å². The molecule has 0 unspecified atom stereocenters. The Morgan fingerprint density at radius 2 is 2.00 bits per heavy atom. The van der Waals surface area contributed by atoms with Gasteiger partial charge in [0.2, 0.25) is 0 Å². The third-order valence-electron chi connectivity index (χ3n) is 1.17. The van der Waals surface area contributed by atoms with Crippen LogP contribution in [0.1, 0.15) is 0 Å². The van der Waals surface area contributed by atoms with Gasteiger partial charge in [0.15, 0.2) is 0 Å². The molecule has 0 aliphatic heterocycles. The third kappa shape index (κ3) is 2.31. The number of hydrogen-bond acceptors (Lipinski definition) is 4. The van der Waals surface area contributed by atoms with E-state index >= 15 is 0 Å². The van der Waals surface area contributed by atoms with Gasteiger partial charge in [-0.1, -0.05) is 0 Å². The first-order valence-electron chi connectivity index (χ1n) is 2.94. The van der Waals surface area contributed by atoms with Gasteiger partial charge in [0.05, 0.1) is 4.92 Å². The quantitative estimate of drug-likeness (QED) is 0.424. The minimum atomic E-state index is -3.88. The van der Waals surface area contributed by atoms with E-state index in [1.807, 2.05) is 0 Å². The van der Waals surface area contributed by atoms with E-state index in [0.29, 0.717) is 0 Å². The van der Waals surface area contributed by atoms with E-state index in [1.54, 1.807) is 0 Å². The monoisotopic (exact) mass is 219 g/mol. The third-order valence-corrected chi connectivity index (χ3v) is 2.43. The van der Waals surface area contributed by atoms with Gasteiger partial charge in [-0.2, -0.15) is 0 Å². The van der Waals surface area contributed by atoms with Crippen molar-refractivity contribution < 1.29 is 13.3 Å². The maximum Gasteiger partial charge on any atom is 0.319 e. The first-order chi connectivity index (χ1) is 5.91. The maximum absolute atomic E-state index is 10.7. The molecule has 0 heterocycles. The summed E-state index contributed by atoms with van der Waals surface area (Å²) < 4.78 is 21.3. The molecule has 0 fully saturated rings. The highest BCUT2D eigenvalue weighted by Crippen LogP contribution is 2.14. The van der Waals surface area contributed by atoms with Gasteiger partial charge in [-0.15, -0.1) is 0 Å². The summed E-state index contributed by atoms with van der Waals surface area (Å²) in [7, 11) is 1.06. The molecule has 0 saturated carbocycles. The summed E-state index contributed by atoms with van der Waals surface area (Å²) in [6.07, 6.45) is 0. The van der Waals surface area contributed by atoms with Crippen molar-refractivity contribution in [2.75, 3.05) is 0 Å². The van der Waals surface area contributed by atoms with Crippen molar-refractivity contribution in [3.05, 3.63) is 34.4 Å². The Labute approximate surface area is 78.5 Å². The highest BCUT2D eigenvalue weighted by Gasteiger charge is 2.11. The summed E-state index contributed by atoms with van der Waals surface area (Å²) in [6.45, 7) is 0. The van der Waals surface area contributed by atoms with Crippen molar-refractivity contribution in [1.29, 1.82) is 0 Å². The van der Waals surface area contributed by atoms with Gasteiger partial charge in [-0.25, -0.2) is 8.42 Å². The van der Waals surface area contributed by atoms with Crippen LogP contribution in [0.15, 0.2) is 17.0 Å². The molecule has 13 heavy (non-hydrogen) atoms. The predicted octanol–water partition coefficient (Wildman–Crippen LogP) is 1.12. The molecular weight excluding hydrogens is 218 g/mol. The Balaban J connectivity index is 3.16. The van der Waals surface area contributed by atoms with Crippen molar-refractivity contribution >= 4 is 25.4 Å². The van der Waals surface area contributed by atoms with Crippen LogP contribution >= 0.6 is 10.7 Å². The van der Waals surface area contributed by atoms with Crippen molar-refractivity contribution in [3.8, 4) is 0 Å². The fourth-order valence-corrected chi connectivity index (χ4v) is 1.29. The Morgan fingerprint density at radius 1 is 1.38 bits per heavy atom. The lowest BCUT2D eigenvalue weighted by molar-refractivity contribution is -0.384. The zero-order valence-electron chi connectivity index (χ0n) is 6.02. The molecular formula is C6H2ClNO4S. The molecule has 0 saturated heterocycles. The van der Waals surface area contributed by atoms with E-state index in [9.17, 15) is 18.5 Å². The van der Waals surface area contributed by atoms with E-state index < -0.39 is 14.0 Å². The van der Waals surface area contributed by atoms with E-state index in [0.717, 1.165) is 12.1 Å². The van der Waals surface area contributed by atoms with Gasteiger partial charge in [0.25, 0.3) is 9.05 Å². The standard InChI is InChI=1S/C6H2ClNO4S/c7-13(11,12)6-3-1-5(2-4-6)8(9)10/h1,3H. The van der Waals surface area contributed by atoms with Crippen LogP contribution in [0.3, 0.4) is 0 Å². The molecule has 0 aliphatic rings. The minimum absolute atomic E-state index is 0.334. The van der Waals surface area contributed by atoms with E-state index in [1.165, 1.54) is 0 Å². The second-order valence-electron chi connectivity index (χ2n) is 2.03. The molecule has 1 rings (SSSR count). The summed E-state index contributed by atoms with van der Waals surface area (Å²) in [5, 5.41) is 10.1. The molecule has 0 N–H and O–H groups in total. The van der Waals surface area contributed by atoms with Crippen LogP contribution in [0.25, 0.3) is 0 Å². The summed E-state index contributed by atoms with van der Waals surface area (Å²) in [5.74, 6) is 0. The molecule has 0 radical (unpaired) electrons. The van der Waals surface area contributed by atoms with E-state index in [4.69, 9.17) is 10.7 Å². The van der Waals surface area contributed by atoms with Gasteiger partial charge >= 0.3 is 5.69 Å². The Morgan fingerprint density at radius 3 is 2.31 bits per heavy atom. The fourth-order valence-electron chi connectivity index (χ4n) is 0.612. The topological polar surface area (TPSA) is 77.3 Å². The Kier molecular flexibility index (Phi) is 2.40. The largest absolute Gasteiger partial charge is 0.319 e. The van der Waals surface area contributed by atoms with Gasteiger partial charge in [-0.3, -0.25) is 10.1 Å². The lowest BCUT2D eigenvalue weighted by atomic mass is 10.4. The molecule has 0 bridgehead atoms. The molecule has 0 aliphatic carbocycles. The second kappa shape index (κ2) is 3.20. The number of rotatable bonds is 2. The highest BCUT2D eigenvalue weighted by molar-refractivity contribution is 8.13. The van der Waals surface area contributed by atoms with Crippen LogP contribution in [0.2, 0.25) is 0 Å². The first-order valence-corrected chi connectivity index (χ1v) is 5.25. The summed E-state index contributed by atoms with van der Waals surface area (Å²) in [6, 6.07) is 6.12. The molecule has 0 spiro atoms. The van der Waals surface area contributed by atoms with Gasteiger partial charge in [0, 0.05) is 22.8 Å². The van der Waals surface area contributed by atoms with Gasteiger partial charge in [0.1, 0.15) is 4.90 Å². The van der Waals surface area contributed by atoms with Crippen molar-refractivity contribution in [2.24, 2.45) is 0 Å². The number of halogens is 1. The zero-order chi connectivity index (χ0) is 10.1. The molecule has 0 amide bonds. The van der Waals surface area contributed by atoms with Crippen molar-refractivity contribution in [2.45, 2.75) is 4.90 Å². The summed E-state index contributed by atoms with van der Waals surface area (Å²) in [5.41, 5.74) is -0.357. The molecule has 68 valence electrons. The molecule has 5 nitrogen and oxygen atoms in total. The highest BCUT2D eigenvalue weighted by atomic mass is 35.7. The average Bonchev–Trinajstić information content (AvgIpc) is 2.03. The van der Waals surface area contributed by atoms with Crippen molar-refractivity contribution in [1.82, 2.24) is 0 Å². The molecule has 0 atom stereocenters. The summed E-state index contributed by atoms with van der Waals surface area (Å²) in [4.78, 5) is 9.09. The van der Waals surface area contributed by atoms with Crippen LogP contribution in [-0.2, 0) is 9.05 Å². The Hall–Kier alpha value is -1.32. The number of nitro groups is 1. The first kappa shape index (κ1) is 9.77. The lowest BCUT2D eigenvalue weighted by Gasteiger charge is -1.89. The second-order valence-corrected chi connectivity index (χ2v) is 4.56. The fraction of sp³-hybridized carbons (Fsp3) is 0. The number of hydrogen-bond donors (Lipinski definition) is 0. The van der Waals surface area contributed by atoms with E-state index in [-0.39, 0.29) is 10.6 Å².